The fourth-order valence-electron chi connectivity index (χ4n) is 6.13. The molecule has 1 aliphatic carbocycles. The molecule has 30 heavy (non-hydrogen) atoms. The minimum atomic E-state index is -0.566. The van der Waals surface area contributed by atoms with Gasteiger partial charge in [0.2, 0.25) is 11.8 Å². The van der Waals surface area contributed by atoms with E-state index in [1.807, 2.05) is 24.3 Å². The van der Waals surface area contributed by atoms with Crippen LogP contribution in [0.15, 0.2) is 48.5 Å². The van der Waals surface area contributed by atoms with E-state index < -0.39 is 11.9 Å². The van der Waals surface area contributed by atoms with Gasteiger partial charge in [-0.1, -0.05) is 42.5 Å². The normalized spacial score (nSPS) is 23.9. The van der Waals surface area contributed by atoms with Gasteiger partial charge in [-0.2, -0.15) is 0 Å². The van der Waals surface area contributed by atoms with Gasteiger partial charge in [0.1, 0.15) is 6.04 Å². The van der Waals surface area contributed by atoms with Gasteiger partial charge in [0, 0.05) is 23.9 Å². The zero-order valence-electron chi connectivity index (χ0n) is 17.3. The zero-order chi connectivity index (χ0) is 20.7. The maximum Gasteiger partial charge on any atom is 0.240 e. The van der Waals surface area contributed by atoms with Crippen LogP contribution in [0, 0.1) is 5.92 Å². The molecule has 1 unspecified atom stereocenters. The Morgan fingerprint density at radius 2 is 1.70 bits per heavy atom. The molecule has 3 aliphatic rings. The molecule has 1 spiro atoms. The number of hydrogen-bond donors (Lipinski definition) is 2. The minimum absolute atomic E-state index is 0.0174. The Bertz CT molecular complexity index is 980. The molecular formula is C25H29N3O2. The fraction of sp³-hybridized carbons (Fsp3) is 0.440. The lowest BCUT2D eigenvalue weighted by molar-refractivity contribution is -0.124. The number of rotatable bonds is 4. The van der Waals surface area contributed by atoms with E-state index in [-0.39, 0.29) is 11.3 Å². The quantitative estimate of drug-likeness (QED) is 0.824. The van der Waals surface area contributed by atoms with Gasteiger partial charge < -0.3 is 11.1 Å². The first-order chi connectivity index (χ1) is 14.6. The molecule has 5 nitrogen and oxygen atoms in total. The zero-order valence-corrected chi connectivity index (χ0v) is 17.3. The number of nitrogens with one attached hydrogen (secondary N) is 1. The average Bonchev–Trinajstić information content (AvgIpc) is 3.30. The van der Waals surface area contributed by atoms with Crippen molar-refractivity contribution < 1.29 is 9.59 Å². The Labute approximate surface area is 177 Å². The molecule has 0 aromatic heterocycles. The van der Waals surface area contributed by atoms with Gasteiger partial charge in [0.25, 0.3) is 0 Å². The second kappa shape index (κ2) is 7.55. The monoisotopic (exact) mass is 403 g/mol. The Hall–Kier alpha value is -2.66. The summed E-state index contributed by atoms with van der Waals surface area (Å²) in [6.45, 7) is 2.06. The molecule has 2 aliphatic heterocycles. The number of anilines is 1. The smallest absolute Gasteiger partial charge is 0.240 e. The van der Waals surface area contributed by atoms with Crippen molar-refractivity contribution >= 4 is 17.5 Å². The van der Waals surface area contributed by atoms with Crippen LogP contribution in [-0.2, 0) is 27.8 Å². The number of benzene rings is 2. The number of hydrogen-bond acceptors (Lipinski definition) is 3. The maximum atomic E-state index is 13.3. The number of para-hydroxylation sites is 1. The first-order valence-electron chi connectivity index (χ1n) is 11.1. The summed E-state index contributed by atoms with van der Waals surface area (Å²) in [6, 6.07) is 16.0. The summed E-state index contributed by atoms with van der Waals surface area (Å²) in [6.07, 6.45) is 5.10. The van der Waals surface area contributed by atoms with Crippen LogP contribution in [0.5, 0.6) is 0 Å². The highest BCUT2D eigenvalue weighted by Crippen LogP contribution is 2.50. The summed E-state index contributed by atoms with van der Waals surface area (Å²) in [7, 11) is 0. The van der Waals surface area contributed by atoms with Crippen LogP contribution in [0.25, 0.3) is 0 Å². The van der Waals surface area contributed by atoms with E-state index in [9.17, 15) is 9.59 Å². The lowest BCUT2D eigenvalue weighted by atomic mass is 9.67. The van der Waals surface area contributed by atoms with Gasteiger partial charge in [0.15, 0.2) is 0 Å². The Balaban J connectivity index is 1.37. The number of carbonyl (C=O) groups excluding carboxylic acids is 2. The molecule has 1 fully saturated rings. The van der Waals surface area contributed by atoms with Crippen molar-refractivity contribution in [2.24, 2.45) is 11.7 Å². The van der Waals surface area contributed by atoms with Crippen LogP contribution in [0.4, 0.5) is 5.69 Å². The van der Waals surface area contributed by atoms with Gasteiger partial charge in [-0.25, -0.2) is 0 Å². The van der Waals surface area contributed by atoms with Crippen molar-refractivity contribution in [3.63, 3.8) is 0 Å². The molecule has 2 heterocycles. The number of amides is 2. The van der Waals surface area contributed by atoms with Gasteiger partial charge in [-0.05, 0) is 67.4 Å². The van der Waals surface area contributed by atoms with E-state index in [4.69, 9.17) is 5.73 Å². The topological polar surface area (TPSA) is 75.4 Å². The van der Waals surface area contributed by atoms with Gasteiger partial charge >= 0.3 is 0 Å². The predicted molar refractivity (Wildman–Crippen MR) is 117 cm³/mol. The molecule has 2 amide bonds. The van der Waals surface area contributed by atoms with Crippen molar-refractivity contribution in [3.05, 3.63) is 65.2 Å². The number of piperidine rings is 1. The number of carbonyl (C=O) groups is 2. The van der Waals surface area contributed by atoms with Crippen LogP contribution < -0.4 is 16.0 Å². The third-order valence-electron chi connectivity index (χ3n) is 7.58. The van der Waals surface area contributed by atoms with E-state index >= 15 is 0 Å². The Kier molecular flexibility index (Phi) is 4.86. The summed E-state index contributed by atoms with van der Waals surface area (Å²) in [5, 5.41) is 3.50. The molecule has 2 aromatic rings. The van der Waals surface area contributed by atoms with Crippen molar-refractivity contribution in [1.29, 1.82) is 0 Å². The lowest BCUT2D eigenvalue weighted by Crippen LogP contribution is -2.46. The van der Waals surface area contributed by atoms with Crippen LogP contribution in [-0.4, -0.2) is 30.9 Å². The van der Waals surface area contributed by atoms with Crippen molar-refractivity contribution in [2.45, 2.75) is 50.0 Å². The number of fused-ring (bicyclic) bond motifs is 3. The Morgan fingerprint density at radius 3 is 2.47 bits per heavy atom. The van der Waals surface area contributed by atoms with E-state index in [1.165, 1.54) is 11.1 Å². The summed E-state index contributed by atoms with van der Waals surface area (Å²) < 4.78 is 0. The molecule has 156 valence electrons. The molecule has 5 heteroatoms. The van der Waals surface area contributed by atoms with Crippen LogP contribution >= 0.6 is 0 Å². The second-order valence-corrected chi connectivity index (χ2v) is 9.02. The molecule has 0 bridgehead atoms. The molecule has 5 rings (SSSR count). The average molecular weight is 404 g/mol. The molecular weight excluding hydrogens is 374 g/mol. The highest BCUT2D eigenvalue weighted by Gasteiger charge is 2.47. The van der Waals surface area contributed by atoms with E-state index in [1.54, 1.807) is 4.90 Å². The summed E-state index contributed by atoms with van der Waals surface area (Å²) in [4.78, 5) is 27.0. The first kappa shape index (κ1) is 19.3. The SMILES string of the molecule is NC(=O)[C@@H]1Cc2ccccc2N1C(=O)CCC1Cc2ccccc2C12CCNCC2. The first-order valence-corrected chi connectivity index (χ1v) is 11.1. The number of nitrogens with two attached hydrogens (primary N) is 1. The molecule has 2 atom stereocenters. The standard InChI is InChI=1S/C25H29N3O2/c26-24(30)22-16-18-6-2-4-8-21(18)28(22)23(29)10-9-19-15-17-5-1-3-7-20(17)25(19)11-13-27-14-12-25/h1-8,19,22,27H,9-16H2,(H2,26,30)/t19?,22-/m0/s1. The van der Waals surface area contributed by atoms with E-state index in [0.717, 1.165) is 50.0 Å². The third-order valence-corrected chi connectivity index (χ3v) is 7.58. The van der Waals surface area contributed by atoms with Crippen LogP contribution in [0.1, 0.15) is 42.4 Å². The van der Waals surface area contributed by atoms with Crippen molar-refractivity contribution in [3.8, 4) is 0 Å². The summed E-state index contributed by atoms with van der Waals surface area (Å²) in [5.41, 5.74) is 10.6. The lowest BCUT2D eigenvalue weighted by Gasteiger charge is -2.40. The van der Waals surface area contributed by atoms with Crippen molar-refractivity contribution in [1.82, 2.24) is 5.32 Å². The van der Waals surface area contributed by atoms with E-state index in [0.29, 0.717) is 18.8 Å². The second-order valence-electron chi connectivity index (χ2n) is 9.02. The summed E-state index contributed by atoms with van der Waals surface area (Å²) >= 11 is 0. The summed E-state index contributed by atoms with van der Waals surface area (Å²) in [5.74, 6) is 0.0530. The predicted octanol–water partition coefficient (Wildman–Crippen LogP) is 2.70. The third kappa shape index (κ3) is 3.03. The molecule has 2 aromatic carbocycles. The maximum absolute atomic E-state index is 13.3. The minimum Gasteiger partial charge on any atom is -0.368 e. The fourth-order valence-corrected chi connectivity index (χ4v) is 6.13. The number of primary amides is 1. The van der Waals surface area contributed by atoms with Gasteiger partial charge in [0.05, 0.1) is 0 Å². The van der Waals surface area contributed by atoms with Crippen LogP contribution in [0.3, 0.4) is 0 Å². The highest BCUT2D eigenvalue weighted by atomic mass is 16.2. The number of nitrogens with zero attached hydrogens (tertiary/aromatic N) is 1. The highest BCUT2D eigenvalue weighted by molar-refractivity contribution is 6.03. The Morgan fingerprint density at radius 1 is 1.00 bits per heavy atom. The van der Waals surface area contributed by atoms with Gasteiger partial charge in [-0.3, -0.25) is 14.5 Å². The molecule has 0 radical (unpaired) electrons. The largest absolute Gasteiger partial charge is 0.368 e. The van der Waals surface area contributed by atoms with Crippen molar-refractivity contribution in [2.75, 3.05) is 18.0 Å². The van der Waals surface area contributed by atoms with E-state index in [2.05, 4.69) is 29.6 Å². The molecule has 3 N–H and O–H groups in total. The molecule has 0 saturated carbocycles. The van der Waals surface area contributed by atoms with Crippen LogP contribution in [0.2, 0.25) is 0 Å². The molecule has 1 saturated heterocycles. The van der Waals surface area contributed by atoms with Gasteiger partial charge in [-0.15, -0.1) is 0 Å².